The minimum absolute atomic E-state index is 0.0304. The maximum Gasteiger partial charge on any atom is 0.306 e. The van der Waals surface area contributed by atoms with Crippen LogP contribution in [0.4, 0.5) is 0 Å². The summed E-state index contributed by atoms with van der Waals surface area (Å²) < 4.78 is 10.6. The number of aliphatic hydroxyl groups is 1. The quantitative estimate of drug-likeness (QED) is 0.0873. The summed E-state index contributed by atoms with van der Waals surface area (Å²) in [5.41, 5.74) is 0. The summed E-state index contributed by atoms with van der Waals surface area (Å²) in [5.74, 6) is -1.51. The number of carbonyl (C=O) groups is 2. The predicted octanol–water partition coefficient (Wildman–Crippen LogP) is 4.60. The van der Waals surface area contributed by atoms with E-state index in [1.165, 1.54) is 0 Å². The largest absolute Gasteiger partial charge is 0.544 e. The Morgan fingerprint density at radius 2 is 1.23 bits per heavy atom. The van der Waals surface area contributed by atoms with Gasteiger partial charge in [-0.25, -0.2) is 0 Å². The normalized spacial score (nSPS) is 14.6. The van der Waals surface area contributed by atoms with Crippen LogP contribution >= 0.6 is 0 Å². The number of allylic oxidation sites excluding steroid dienone is 12. The molecule has 0 amide bonds. The first-order valence-corrected chi connectivity index (χ1v) is 14.0. The van der Waals surface area contributed by atoms with E-state index in [2.05, 4.69) is 67.7 Å². The van der Waals surface area contributed by atoms with Gasteiger partial charge in [0.2, 0.25) is 0 Å². The summed E-state index contributed by atoms with van der Waals surface area (Å²) in [5, 5.41) is 21.1. The molecule has 0 fully saturated rings. The summed E-state index contributed by atoms with van der Waals surface area (Å²) in [4.78, 5) is 23.0. The van der Waals surface area contributed by atoms with Gasteiger partial charge in [-0.15, -0.1) is 0 Å². The van der Waals surface area contributed by atoms with Crippen molar-refractivity contribution in [3.8, 4) is 0 Å². The molecule has 0 bridgehead atoms. The number of carbonyl (C=O) groups excluding carboxylic acids is 2. The van der Waals surface area contributed by atoms with Gasteiger partial charge < -0.3 is 29.0 Å². The van der Waals surface area contributed by atoms with E-state index in [0.717, 1.165) is 38.5 Å². The van der Waals surface area contributed by atoms with Crippen LogP contribution in [0.25, 0.3) is 0 Å². The molecule has 2 atom stereocenters. The highest BCUT2D eigenvalue weighted by Crippen LogP contribution is 2.07. The average molecular weight is 546 g/mol. The van der Waals surface area contributed by atoms with E-state index in [0.29, 0.717) is 6.42 Å². The van der Waals surface area contributed by atoms with Crippen LogP contribution in [-0.2, 0) is 19.1 Å². The van der Waals surface area contributed by atoms with Crippen molar-refractivity contribution in [2.75, 3.05) is 41.0 Å². The first-order chi connectivity index (χ1) is 18.7. The Bertz CT molecular complexity index is 817. The van der Waals surface area contributed by atoms with E-state index in [1.807, 2.05) is 12.2 Å². The van der Waals surface area contributed by atoms with Crippen LogP contribution < -0.4 is 5.11 Å². The molecule has 0 aromatic rings. The van der Waals surface area contributed by atoms with E-state index in [4.69, 9.17) is 9.47 Å². The molecule has 0 aliphatic carbocycles. The lowest BCUT2D eigenvalue weighted by Crippen LogP contribution is -2.55. The van der Waals surface area contributed by atoms with E-state index >= 15 is 0 Å². The molecule has 0 aliphatic heterocycles. The highest BCUT2D eigenvalue weighted by Gasteiger charge is 2.24. The van der Waals surface area contributed by atoms with Crippen LogP contribution in [0, 0.1) is 0 Å². The van der Waals surface area contributed by atoms with Gasteiger partial charge in [-0.1, -0.05) is 79.8 Å². The Morgan fingerprint density at radius 1 is 0.769 bits per heavy atom. The van der Waals surface area contributed by atoms with Crippen molar-refractivity contribution in [2.24, 2.45) is 0 Å². The smallest absolute Gasteiger partial charge is 0.306 e. The third-order valence-corrected chi connectivity index (χ3v) is 5.60. The fraction of sp³-hybridized carbons (Fsp3) is 0.562. The van der Waals surface area contributed by atoms with E-state index in [1.54, 1.807) is 21.1 Å². The van der Waals surface area contributed by atoms with Gasteiger partial charge in [-0.2, -0.15) is 0 Å². The van der Waals surface area contributed by atoms with Crippen LogP contribution in [0.2, 0.25) is 0 Å². The number of aliphatic hydroxyl groups excluding tert-OH is 1. The van der Waals surface area contributed by atoms with Crippen molar-refractivity contribution in [1.82, 2.24) is 0 Å². The number of carboxylic acid groups (broad SMARTS) is 1. The molecule has 0 aliphatic rings. The molecule has 1 N–H and O–H groups in total. The highest BCUT2D eigenvalue weighted by atomic mass is 16.5. The summed E-state index contributed by atoms with van der Waals surface area (Å²) in [7, 11) is 5.32. The first-order valence-electron chi connectivity index (χ1n) is 14.0. The lowest BCUT2D eigenvalue weighted by atomic mass is 10.1. The number of hydrogen-bond acceptors (Lipinski definition) is 6. The second-order valence-electron chi connectivity index (χ2n) is 10.1. The molecule has 0 aromatic carbocycles. The number of nitrogens with zero attached hydrogens (tertiary/aromatic N) is 1. The molecule has 0 saturated heterocycles. The van der Waals surface area contributed by atoms with Crippen LogP contribution in [0.15, 0.2) is 72.9 Å². The molecule has 2 unspecified atom stereocenters. The van der Waals surface area contributed by atoms with E-state index < -0.39 is 18.1 Å². The van der Waals surface area contributed by atoms with Gasteiger partial charge in [-0.05, 0) is 44.9 Å². The molecule has 39 heavy (non-hydrogen) atoms. The Hall–Kier alpha value is -2.74. The topological polar surface area (TPSA) is 95.9 Å². The molecule has 0 spiro atoms. The van der Waals surface area contributed by atoms with Gasteiger partial charge in [0.15, 0.2) is 0 Å². The summed E-state index contributed by atoms with van der Waals surface area (Å²) in [6.07, 6.45) is 31.5. The second kappa shape index (κ2) is 24.3. The number of quaternary nitrogens is 1. The maximum atomic E-state index is 11.8. The van der Waals surface area contributed by atoms with Crippen molar-refractivity contribution >= 4 is 11.9 Å². The number of carboxylic acids is 1. The fourth-order valence-corrected chi connectivity index (χ4v) is 3.39. The van der Waals surface area contributed by atoms with Crippen molar-refractivity contribution in [2.45, 2.75) is 76.9 Å². The van der Waals surface area contributed by atoms with E-state index in [-0.39, 0.29) is 43.1 Å². The predicted molar refractivity (Wildman–Crippen MR) is 157 cm³/mol. The molecule has 0 radical (unpaired) electrons. The van der Waals surface area contributed by atoms with Crippen molar-refractivity contribution in [3.63, 3.8) is 0 Å². The first kappa shape index (κ1) is 36.3. The molecule has 7 nitrogen and oxygen atoms in total. The molecule has 0 heterocycles. The van der Waals surface area contributed by atoms with E-state index in [9.17, 15) is 19.8 Å². The minimum Gasteiger partial charge on any atom is -0.544 e. The Balaban J connectivity index is 3.78. The van der Waals surface area contributed by atoms with Gasteiger partial charge in [0, 0.05) is 12.8 Å². The summed E-state index contributed by atoms with van der Waals surface area (Å²) in [6, 6.07) is -0.700. The third-order valence-electron chi connectivity index (χ3n) is 5.60. The monoisotopic (exact) mass is 545 g/mol. The van der Waals surface area contributed by atoms with Gasteiger partial charge in [0.1, 0.15) is 18.8 Å². The SMILES string of the molecule is CC/C=C/C/C=C/C/C=C/C/C=C/C/C=C/C/C=C/CCC(=O)OCC(O)COCCC(C(=O)[O-])[N+](C)(C)C. The molecule has 0 saturated carbocycles. The Labute approximate surface area is 236 Å². The number of esters is 1. The highest BCUT2D eigenvalue weighted by molar-refractivity contribution is 5.70. The number of rotatable bonds is 23. The number of ether oxygens (including phenoxy) is 2. The second-order valence-corrected chi connectivity index (χ2v) is 10.1. The number of likely N-dealkylation sites (N-methyl/N-ethyl adjacent to an activating group) is 1. The summed E-state index contributed by atoms with van der Waals surface area (Å²) >= 11 is 0. The average Bonchev–Trinajstić information content (AvgIpc) is 2.87. The zero-order valence-electron chi connectivity index (χ0n) is 24.5. The molecule has 0 aromatic heterocycles. The number of aliphatic carboxylic acids is 1. The van der Waals surface area contributed by atoms with Crippen LogP contribution in [0.3, 0.4) is 0 Å². The zero-order valence-corrected chi connectivity index (χ0v) is 24.5. The zero-order chi connectivity index (χ0) is 29.2. The molecule has 7 heteroatoms. The van der Waals surface area contributed by atoms with Crippen LogP contribution in [-0.4, -0.2) is 74.6 Å². The van der Waals surface area contributed by atoms with Crippen LogP contribution in [0.5, 0.6) is 0 Å². The summed E-state index contributed by atoms with van der Waals surface area (Å²) in [6.45, 7) is 2.13. The van der Waals surface area contributed by atoms with Gasteiger partial charge in [0.05, 0.1) is 40.3 Å². The van der Waals surface area contributed by atoms with Gasteiger partial charge >= 0.3 is 5.97 Å². The lowest BCUT2D eigenvalue weighted by molar-refractivity contribution is -0.889. The minimum atomic E-state index is -1.13. The lowest BCUT2D eigenvalue weighted by Gasteiger charge is -2.34. The molecular weight excluding hydrogens is 494 g/mol. The van der Waals surface area contributed by atoms with Gasteiger partial charge in [0.25, 0.3) is 0 Å². The van der Waals surface area contributed by atoms with Crippen molar-refractivity contribution in [3.05, 3.63) is 72.9 Å². The Kier molecular flexibility index (Phi) is 22.6. The van der Waals surface area contributed by atoms with Gasteiger partial charge in [-0.3, -0.25) is 4.79 Å². The number of hydrogen-bond donors (Lipinski definition) is 1. The molecule has 220 valence electrons. The van der Waals surface area contributed by atoms with Crippen molar-refractivity contribution in [1.29, 1.82) is 0 Å². The standard InChI is InChI=1S/C32H51NO6/c1-5-6-7-8-9-10-11-12-13-14-15-16-17-18-19-20-21-22-23-24-31(35)39-28-29(34)27-38-26-25-30(32(36)37)33(2,3)4/h6-7,9-10,12-13,15-16,18-19,21-22,29-30,34H,5,8,11,14,17,20,23-28H2,1-4H3/b7-6+,10-9+,13-12+,16-15+,19-18+,22-21+. The van der Waals surface area contributed by atoms with Crippen LogP contribution in [0.1, 0.15) is 64.7 Å². The molecular formula is C32H51NO6. The fourth-order valence-electron chi connectivity index (χ4n) is 3.39. The maximum absolute atomic E-state index is 11.8. The molecule has 0 rings (SSSR count). The third kappa shape index (κ3) is 24.1. The van der Waals surface area contributed by atoms with Crippen molar-refractivity contribution < 1.29 is 33.8 Å². The Morgan fingerprint density at radius 3 is 1.67 bits per heavy atom.